The quantitative estimate of drug-likeness (QED) is 0.462. The molecule has 1 N–H and O–H groups in total. The van der Waals surface area contributed by atoms with Crippen LogP contribution >= 0.6 is 27.5 Å². The van der Waals surface area contributed by atoms with Crippen LogP contribution in [0, 0.1) is 0 Å². The zero-order chi connectivity index (χ0) is 25.6. The van der Waals surface area contributed by atoms with Gasteiger partial charge in [0.1, 0.15) is 12.6 Å². The molecule has 0 aromatic heterocycles. The topological polar surface area (TPSA) is 86.8 Å². The number of hydrogen-bond donors (Lipinski definition) is 1. The lowest BCUT2D eigenvalue weighted by Gasteiger charge is -2.33. The molecule has 10 heteroatoms. The van der Waals surface area contributed by atoms with Crippen molar-refractivity contribution >= 4 is 55.1 Å². The van der Waals surface area contributed by atoms with E-state index in [0.29, 0.717) is 10.7 Å². The average molecular weight is 585 g/mol. The zero-order valence-electron chi connectivity index (χ0n) is 19.9. The number of sulfonamides is 1. The van der Waals surface area contributed by atoms with E-state index >= 15 is 0 Å². The number of halogens is 2. The Bertz CT molecular complexity index is 1120. The van der Waals surface area contributed by atoms with Crippen LogP contribution in [-0.2, 0) is 26.2 Å². The van der Waals surface area contributed by atoms with E-state index in [1.807, 2.05) is 0 Å². The Labute approximate surface area is 221 Å². The second-order valence-electron chi connectivity index (χ2n) is 8.91. The van der Waals surface area contributed by atoms with E-state index in [9.17, 15) is 18.0 Å². The van der Waals surface area contributed by atoms with E-state index in [4.69, 9.17) is 11.6 Å². The van der Waals surface area contributed by atoms with Crippen molar-refractivity contribution in [2.75, 3.05) is 17.1 Å². The number of benzene rings is 2. The van der Waals surface area contributed by atoms with Gasteiger partial charge in [-0.15, -0.1) is 0 Å². The van der Waals surface area contributed by atoms with Gasteiger partial charge in [0.05, 0.1) is 11.9 Å². The summed E-state index contributed by atoms with van der Waals surface area (Å²) in [7, 11) is -3.75. The normalized spacial score (nSPS) is 15.3. The van der Waals surface area contributed by atoms with Gasteiger partial charge in [-0.05, 0) is 61.7 Å². The molecular formula is C25H31BrClN3O4S. The summed E-state index contributed by atoms with van der Waals surface area (Å²) in [5.74, 6) is -0.714. The summed E-state index contributed by atoms with van der Waals surface area (Å²) in [6.07, 6.45) is 6.22. The number of anilines is 1. The fraction of sp³-hybridized carbons (Fsp3) is 0.440. The van der Waals surface area contributed by atoms with Crippen LogP contribution in [0.3, 0.4) is 0 Å². The second kappa shape index (κ2) is 12.2. The van der Waals surface area contributed by atoms with Gasteiger partial charge in [0.15, 0.2) is 0 Å². The monoisotopic (exact) mass is 583 g/mol. The molecule has 190 valence electrons. The lowest BCUT2D eigenvalue weighted by atomic mass is 9.95. The van der Waals surface area contributed by atoms with Crippen LogP contribution in [0.15, 0.2) is 53.0 Å². The van der Waals surface area contributed by atoms with Crippen molar-refractivity contribution in [2.24, 2.45) is 0 Å². The van der Waals surface area contributed by atoms with Crippen LogP contribution in [0.25, 0.3) is 0 Å². The Kier molecular flexibility index (Phi) is 9.61. The van der Waals surface area contributed by atoms with Crippen molar-refractivity contribution in [3.05, 3.63) is 63.6 Å². The number of rotatable bonds is 9. The summed E-state index contributed by atoms with van der Waals surface area (Å²) < 4.78 is 27.0. The first-order valence-corrected chi connectivity index (χ1v) is 14.6. The molecule has 0 radical (unpaired) electrons. The molecule has 0 aliphatic heterocycles. The van der Waals surface area contributed by atoms with Crippen LogP contribution in [0.2, 0.25) is 5.02 Å². The predicted octanol–water partition coefficient (Wildman–Crippen LogP) is 4.73. The molecule has 0 saturated heterocycles. The molecule has 35 heavy (non-hydrogen) atoms. The van der Waals surface area contributed by atoms with Gasteiger partial charge in [-0.1, -0.05) is 58.9 Å². The smallest absolute Gasteiger partial charge is 0.244 e. The summed E-state index contributed by atoms with van der Waals surface area (Å²) in [5, 5.41) is 3.64. The summed E-state index contributed by atoms with van der Waals surface area (Å²) in [6.45, 7) is 1.40. The Hall–Kier alpha value is -2.10. The highest BCUT2D eigenvalue weighted by Crippen LogP contribution is 2.22. The summed E-state index contributed by atoms with van der Waals surface area (Å²) >= 11 is 9.35. The number of hydrogen-bond acceptors (Lipinski definition) is 4. The molecule has 1 aliphatic rings. The summed E-state index contributed by atoms with van der Waals surface area (Å²) in [4.78, 5) is 28.1. The number of amides is 2. The minimum absolute atomic E-state index is 0.0986. The molecule has 0 spiro atoms. The van der Waals surface area contributed by atoms with Gasteiger partial charge in [-0.3, -0.25) is 13.9 Å². The van der Waals surface area contributed by atoms with Crippen LogP contribution in [0.1, 0.15) is 44.6 Å². The van der Waals surface area contributed by atoms with Crippen molar-refractivity contribution in [2.45, 2.75) is 57.7 Å². The molecule has 3 rings (SSSR count). The second-order valence-corrected chi connectivity index (χ2v) is 12.2. The third kappa shape index (κ3) is 7.95. The Morgan fingerprint density at radius 2 is 1.66 bits per heavy atom. The maximum Gasteiger partial charge on any atom is 0.244 e. The molecule has 0 bridgehead atoms. The number of carbonyl (C=O) groups excluding carboxylic acids is 2. The van der Waals surface area contributed by atoms with Gasteiger partial charge in [0, 0.05) is 22.1 Å². The van der Waals surface area contributed by atoms with E-state index in [2.05, 4.69) is 21.2 Å². The first kappa shape index (κ1) is 27.5. The van der Waals surface area contributed by atoms with Crippen molar-refractivity contribution in [1.82, 2.24) is 10.2 Å². The highest BCUT2D eigenvalue weighted by molar-refractivity contribution is 9.10. The SMILES string of the molecule is CC(C(=O)NC1CCCCC1)N(Cc1ccc(Cl)cc1)C(=O)CN(c1ccc(Br)cc1)S(C)(=O)=O. The lowest BCUT2D eigenvalue weighted by Crippen LogP contribution is -2.52. The molecule has 1 unspecified atom stereocenters. The Morgan fingerprint density at radius 3 is 2.23 bits per heavy atom. The van der Waals surface area contributed by atoms with Gasteiger partial charge in [-0.25, -0.2) is 8.42 Å². The molecule has 2 aromatic carbocycles. The fourth-order valence-electron chi connectivity index (χ4n) is 4.16. The van der Waals surface area contributed by atoms with E-state index in [1.165, 1.54) is 11.3 Å². The molecular weight excluding hydrogens is 554 g/mol. The average Bonchev–Trinajstić information content (AvgIpc) is 2.82. The molecule has 1 atom stereocenters. The molecule has 1 saturated carbocycles. The Balaban J connectivity index is 1.85. The molecule has 1 aliphatic carbocycles. The van der Waals surface area contributed by atoms with Crippen LogP contribution in [0.5, 0.6) is 0 Å². The minimum atomic E-state index is -3.75. The minimum Gasteiger partial charge on any atom is -0.352 e. The third-order valence-electron chi connectivity index (χ3n) is 6.18. The van der Waals surface area contributed by atoms with Gasteiger partial charge in [0.2, 0.25) is 21.8 Å². The molecule has 1 fully saturated rings. The fourth-order valence-corrected chi connectivity index (χ4v) is 5.40. The maximum atomic E-state index is 13.6. The van der Waals surface area contributed by atoms with Gasteiger partial charge >= 0.3 is 0 Å². The van der Waals surface area contributed by atoms with Crippen LogP contribution < -0.4 is 9.62 Å². The molecule has 2 amide bonds. The van der Waals surface area contributed by atoms with E-state index in [-0.39, 0.29) is 18.5 Å². The van der Waals surface area contributed by atoms with E-state index in [0.717, 1.165) is 46.3 Å². The van der Waals surface area contributed by atoms with Crippen molar-refractivity contribution < 1.29 is 18.0 Å². The van der Waals surface area contributed by atoms with E-state index < -0.39 is 28.5 Å². The molecule has 2 aromatic rings. The number of nitrogens with zero attached hydrogens (tertiary/aromatic N) is 2. The standard InChI is InChI=1S/C25H31BrClN3O4S/c1-18(25(32)28-22-6-4-3-5-7-22)29(16-19-8-12-21(27)13-9-19)24(31)17-30(35(2,33)34)23-14-10-20(26)11-15-23/h8-15,18,22H,3-7,16-17H2,1-2H3,(H,28,32). The van der Waals surface area contributed by atoms with Crippen molar-refractivity contribution in [1.29, 1.82) is 0 Å². The first-order valence-electron chi connectivity index (χ1n) is 11.6. The van der Waals surface area contributed by atoms with Gasteiger partial charge < -0.3 is 10.2 Å². The number of carbonyl (C=O) groups is 2. The largest absolute Gasteiger partial charge is 0.352 e. The highest BCUT2D eigenvalue weighted by Gasteiger charge is 2.31. The van der Waals surface area contributed by atoms with Gasteiger partial charge in [0.25, 0.3) is 0 Å². The van der Waals surface area contributed by atoms with Crippen LogP contribution in [0.4, 0.5) is 5.69 Å². The lowest BCUT2D eigenvalue weighted by molar-refractivity contribution is -0.139. The maximum absolute atomic E-state index is 13.6. The first-order chi connectivity index (χ1) is 16.5. The highest BCUT2D eigenvalue weighted by atomic mass is 79.9. The third-order valence-corrected chi connectivity index (χ3v) is 8.10. The number of nitrogens with one attached hydrogen (secondary N) is 1. The zero-order valence-corrected chi connectivity index (χ0v) is 23.1. The Morgan fingerprint density at radius 1 is 1.06 bits per heavy atom. The summed E-state index contributed by atoms with van der Waals surface area (Å²) in [5.41, 5.74) is 1.16. The molecule has 7 nitrogen and oxygen atoms in total. The van der Waals surface area contributed by atoms with E-state index in [1.54, 1.807) is 55.5 Å². The van der Waals surface area contributed by atoms with Crippen molar-refractivity contribution in [3.63, 3.8) is 0 Å². The summed E-state index contributed by atoms with van der Waals surface area (Å²) in [6, 6.07) is 13.0. The van der Waals surface area contributed by atoms with Gasteiger partial charge in [-0.2, -0.15) is 0 Å². The predicted molar refractivity (Wildman–Crippen MR) is 143 cm³/mol. The molecule has 0 heterocycles. The van der Waals surface area contributed by atoms with Crippen LogP contribution in [-0.4, -0.2) is 50.0 Å². The van der Waals surface area contributed by atoms with Crippen molar-refractivity contribution in [3.8, 4) is 0 Å².